The largest absolute Gasteiger partial charge is 0.373 e. The van der Waals surface area contributed by atoms with Gasteiger partial charge in [0.15, 0.2) is 0 Å². The van der Waals surface area contributed by atoms with E-state index in [9.17, 15) is 4.79 Å². The van der Waals surface area contributed by atoms with Crippen LogP contribution in [0.5, 0.6) is 0 Å². The lowest BCUT2D eigenvalue weighted by Gasteiger charge is -2.11. The first kappa shape index (κ1) is 10.4. The first-order valence-electron chi connectivity index (χ1n) is 3.95. The summed E-state index contributed by atoms with van der Waals surface area (Å²) in [4.78, 5) is 14.7. The van der Waals surface area contributed by atoms with Crippen LogP contribution in [-0.2, 0) is 9.63 Å². The van der Waals surface area contributed by atoms with E-state index in [-0.39, 0.29) is 5.97 Å². The van der Waals surface area contributed by atoms with E-state index in [0.29, 0.717) is 18.3 Å². The maximum atomic E-state index is 10.7. The normalized spacial score (nSPS) is 13.2. The summed E-state index contributed by atoms with van der Waals surface area (Å²) in [5.74, 6) is 5.37. The Hall–Kier alpha value is -0.570. The lowest BCUT2D eigenvalue weighted by molar-refractivity contribution is -0.145. The van der Waals surface area contributed by atoms with E-state index < -0.39 is 0 Å². The van der Waals surface area contributed by atoms with Gasteiger partial charge in [-0.05, 0) is 18.3 Å². The minimum Gasteiger partial charge on any atom is -0.373 e. The van der Waals surface area contributed by atoms with Crippen LogP contribution in [0.1, 0.15) is 33.6 Å². The predicted octanol–water partition coefficient (Wildman–Crippen LogP) is 1.48. The Morgan fingerprint density at radius 2 is 2.00 bits per heavy atom. The highest BCUT2D eigenvalue weighted by Crippen LogP contribution is 2.14. The molecular formula is C8H17NO2. The highest BCUT2D eigenvalue weighted by Gasteiger charge is 2.10. The molecule has 3 nitrogen and oxygen atoms in total. The molecule has 0 saturated carbocycles. The summed E-state index contributed by atoms with van der Waals surface area (Å²) < 4.78 is 0. The third-order valence-electron chi connectivity index (χ3n) is 1.52. The fourth-order valence-corrected chi connectivity index (χ4v) is 1.22. The van der Waals surface area contributed by atoms with Crippen LogP contribution in [0.3, 0.4) is 0 Å². The van der Waals surface area contributed by atoms with Crippen LogP contribution >= 0.6 is 0 Å². The van der Waals surface area contributed by atoms with Gasteiger partial charge < -0.3 is 4.84 Å². The van der Waals surface area contributed by atoms with Crippen molar-refractivity contribution in [3.8, 4) is 0 Å². The van der Waals surface area contributed by atoms with Crippen LogP contribution in [0.15, 0.2) is 0 Å². The minimum atomic E-state index is -0.321. The van der Waals surface area contributed by atoms with Crippen molar-refractivity contribution < 1.29 is 9.63 Å². The zero-order valence-corrected chi connectivity index (χ0v) is 7.46. The molecule has 0 aromatic heterocycles. The molecule has 0 rings (SSSR count). The summed E-state index contributed by atoms with van der Waals surface area (Å²) in [5, 5.41) is 0. The molecule has 2 N–H and O–H groups in total. The average molecular weight is 159 g/mol. The van der Waals surface area contributed by atoms with E-state index in [4.69, 9.17) is 5.90 Å². The predicted molar refractivity (Wildman–Crippen MR) is 43.5 cm³/mol. The van der Waals surface area contributed by atoms with Crippen molar-refractivity contribution in [1.29, 1.82) is 0 Å². The fourth-order valence-electron chi connectivity index (χ4n) is 1.22. The van der Waals surface area contributed by atoms with Crippen molar-refractivity contribution in [2.24, 2.45) is 17.7 Å². The van der Waals surface area contributed by atoms with Gasteiger partial charge in [-0.1, -0.05) is 20.8 Å². The summed E-state index contributed by atoms with van der Waals surface area (Å²) in [7, 11) is 0. The zero-order chi connectivity index (χ0) is 8.85. The van der Waals surface area contributed by atoms with Gasteiger partial charge in [0, 0.05) is 6.42 Å². The maximum Gasteiger partial charge on any atom is 0.324 e. The Kier molecular flexibility index (Phi) is 4.86. The third kappa shape index (κ3) is 5.85. The fraction of sp³-hybridized carbons (Fsp3) is 0.875. The molecule has 0 aromatic carbocycles. The topological polar surface area (TPSA) is 52.3 Å². The van der Waals surface area contributed by atoms with E-state index in [1.165, 1.54) is 0 Å². The molecule has 0 amide bonds. The first-order valence-corrected chi connectivity index (χ1v) is 3.95. The second-order valence-corrected chi connectivity index (χ2v) is 3.43. The monoisotopic (exact) mass is 159 g/mol. The van der Waals surface area contributed by atoms with Crippen molar-refractivity contribution in [2.45, 2.75) is 33.6 Å². The molecular weight excluding hydrogens is 142 g/mol. The van der Waals surface area contributed by atoms with Crippen LogP contribution < -0.4 is 5.90 Å². The van der Waals surface area contributed by atoms with Crippen molar-refractivity contribution in [3.05, 3.63) is 0 Å². The standard InChI is InChI=1S/C8H17NO2/c1-6(2)4-7(3)5-8(10)11-9/h6-7H,4-5,9H2,1-3H3. The molecule has 0 spiro atoms. The Morgan fingerprint density at radius 1 is 1.45 bits per heavy atom. The average Bonchev–Trinajstić information content (AvgIpc) is 1.85. The molecule has 0 saturated heterocycles. The van der Waals surface area contributed by atoms with Crippen molar-refractivity contribution >= 4 is 5.97 Å². The third-order valence-corrected chi connectivity index (χ3v) is 1.52. The van der Waals surface area contributed by atoms with Crippen molar-refractivity contribution in [2.75, 3.05) is 0 Å². The van der Waals surface area contributed by atoms with Crippen LogP contribution in [0, 0.1) is 11.8 Å². The molecule has 0 radical (unpaired) electrons. The summed E-state index contributed by atoms with van der Waals surface area (Å²) in [6, 6.07) is 0. The number of carbonyl (C=O) groups excluding carboxylic acids is 1. The summed E-state index contributed by atoms with van der Waals surface area (Å²) in [6.07, 6.45) is 1.46. The molecule has 66 valence electrons. The SMILES string of the molecule is CC(C)CC(C)CC(=O)ON. The van der Waals surface area contributed by atoms with E-state index in [1.54, 1.807) is 0 Å². The Morgan fingerprint density at radius 3 is 2.36 bits per heavy atom. The number of hydrogen-bond acceptors (Lipinski definition) is 3. The van der Waals surface area contributed by atoms with Crippen LogP contribution in [0.25, 0.3) is 0 Å². The van der Waals surface area contributed by atoms with E-state index in [1.807, 2.05) is 6.92 Å². The molecule has 11 heavy (non-hydrogen) atoms. The Balaban J connectivity index is 3.51. The molecule has 1 atom stereocenters. The molecule has 0 bridgehead atoms. The second-order valence-electron chi connectivity index (χ2n) is 3.43. The molecule has 0 aliphatic carbocycles. The molecule has 0 fully saturated rings. The van der Waals surface area contributed by atoms with Gasteiger partial charge in [0.05, 0.1) is 0 Å². The summed E-state index contributed by atoms with van der Waals surface area (Å²) in [6.45, 7) is 6.28. The van der Waals surface area contributed by atoms with E-state index in [2.05, 4.69) is 18.7 Å². The highest BCUT2D eigenvalue weighted by molar-refractivity contribution is 5.69. The van der Waals surface area contributed by atoms with Gasteiger partial charge in [-0.15, -0.1) is 0 Å². The Labute approximate surface area is 67.9 Å². The molecule has 0 aliphatic rings. The highest BCUT2D eigenvalue weighted by atomic mass is 16.7. The van der Waals surface area contributed by atoms with Crippen molar-refractivity contribution in [1.82, 2.24) is 0 Å². The quantitative estimate of drug-likeness (QED) is 0.632. The zero-order valence-electron chi connectivity index (χ0n) is 7.46. The van der Waals surface area contributed by atoms with Crippen LogP contribution in [-0.4, -0.2) is 5.97 Å². The van der Waals surface area contributed by atoms with Gasteiger partial charge in [-0.3, -0.25) is 4.79 Å². The van der Waals surface area contributed by atoms with E-state index in [0.717, 1.165) is 6.42 Å². The smallest absolute Gasteiger partial charge is 0.324 e. The first-order chi connectivity index (χ1) is 5.06. The lowest BCUT2D eigenvalue weighted by Crippen LogP contribution is -2.14. The molecule has 0 aliphatic heterocycles. The van der Waals surface area contributed by atoms with Gasteiger partial charge >= 0.3 is 5.97 Å². The maximum absolute atomic E-state index is 10.7. The summed E-state index contributed by atoms with van der Waals surface area (Å²) in [5.41, 5.74) is 0. The molecule has 0 aromatic rings. The molecule has 1 unspecified atom stereocenters. The van der Waals surface area contributed by atoms with Gasteiger partial charge in [0.2, 0.25) is 0 Å². The van der Waals surface area contributed by atoms with E-state index >= 15 is 0 Å². The van der Waals surface area contributed by atoms with Crippen molar-refractivity contribution in [3.63, 3.8) is 0 Å². The second kappa shape index (κ2) is 5.13. The number of nitrogens with two attached hydrogens (primary N) is 1. The minimum absolute atomic E-state index is 0.321. The number of carbonyl (C=O) groups is 1. The van der Waals surface area contributed by atoms with Gasteiger partial charge in [0.1, 0.15) is 0 Å². The Bertz CT molecular complexity index is 123. The number of rotatable bonds is 4. The van der Waals surface area contributed by atoms with Gasteiger partial charge in [-0.25, -0.2) is 0 Å². The molecule has 3 heteroatoms. The number of hydrogen-bond donors (Lipinski definition) is 1. The van der Waals surface area contributed by atoms with Gasteiger partial charge in [0.25, 0.3) is 0 Å². The van der Waals surface area contributed by atoms with Gasteiger partial charge in [-0.2, -0.15) is 5.90 Å². The van der Waals surface area contributed by atoms with Crippen LogP contribution in [0.2, 0.25) is 0 Å². The molecule has 0 heterocycles. The summed E-state index contributed by atoms with van der Waals surface area (Å²) >= 11 is 0. The van der Waals surface area contributed by atoms with Crippen LogP contribution in [0.4, 0.5) is 0 Å². The lowest BCUT2D eigenvalue weighted by atomic mass is 9.96.